The SMILES string of the molecule is Cc1cc(C)c2c(n1)N(C(=O)N1CCC(C)C1)CC(=O)N2. The topological polar surface area (TPSA) is 65.5 Å². The minimum atomic E-state index is -0.170. The van der Waals surface area contributed by atoms with Crippen LogP contribution in [-0.4, -0.2) is 41.5 Å². The van der Waals surface area contributed by atoms with E-state index < -0.39 is 0 Å². The molecule has 0 radical (unpaired) electrons. The highest BCUT2D eigenvalue weighted by molar-refractivity contribution is 6.09. The molecule has 0 bridgehead atoms. The molecule has 1 fully saturated rings. The Labute approximate surface area is 124 Å². The van der Waals surface area contributed by atoms with Crippen LogP contribution in [0.1, 0.15) is 24.6 Å². The zero-order valence-electron chi connectivity index (χ0n) is 12.6. The molecule has 6 nitrogen and oxygen atoms in total. The Hall–Kier alpha value is -2.11. The number of aryl methyl sites for hydroxylation is 2. The van der Waals surface area contributed by atoms with Crippen LogP contribution in [0.2, 0.25) is 0 Å². The second-order valence-electron chi connectivity index (χ2n) is 6.04. The number of anilines is 2. The van der Waals surface area contributed by atoms with E-state index in [0.717, 1.165) is 30.8 Å². The van der Waals surface area contributed by atoms with E-state index in [2.05, 4.69) is 17.2 Å². The van der Waals surface area contributed by atoms with E-state index >= 15 is 0 Å². The molecule has 3 heterocycles. The summed E-state index contributed by atoms with van der Waals surface area (Å²) in [5, 5.41) is 2.83. The van der Waals surface area contributed by atoms with Gasteiger partial charge in [0.2, 0.25) is 5.91 Å². The summed E-state index contributed by atoms with van der Waals surface area (Å²) in [5.74, 6) is 0.910. The van der Waals surface area contributed by atoms with E-state index in [4.69, 9.17) is 0 Å². The van der Waals surface area contributed by atoms with Crippen molar-refractivity contribution in [2.45, 2.75) is 27.2 Å². The van der Waals surface area contributed by atoms with E-state index in [-0.39, 0.29) is 18.5 Å². The Kier molecular flexibility index (Phi) is 3.31. The summed E-state index contributed by atoms with van der Waals surface area (Å²) in [7, 11) is 0. The molecule has 1 saturated heterocycles. The second-order valence-corrected chi connectivity index (χ2v) is 6.04. The number of nitrogens with one attached hydrogen (secondary N) is 1. The molecule has 2 aliphatic rings. The first kappa shape index (κ1) is 13.9. The van der Waals surface area contributed by atoms with Gasteiger partial charge in [-0.2, -0.15) is 0 Å². The fourth-order valence-corrected chi connectivity index (χ4v) is 3.00. The normalized spacial score (nSPS) is 21.3. The third kappa shape index (κ3) is 2.46. The lowest BCUT2D eigenvalue weighted by Gasteiger charge is -2.32. The molecule has 21 heavy (non-hydrogen) atoms. The second kappa shape index (κ2) is 5.02. The van der Waals surface area contributed by atoms with Crippen molar-refractivity contribution in [3.05, 3.63) is 17.3 Å². The maximum absolute atomic E-state index is 12.7. The first-order chi connectivity index (χ1) is 9.95. The fraction of sp³-hybridized carbons (Fsp3) is 0.533. The predicted octanol–water partition coefficient (Wildman–Crippen LogP) is 1.92. The van der Waals surface area contributed by atoms with Crippen LogP contribution in [0.3, 0.4) is 0 Å². The zero-order chi connectivity index (χ0) is 15.1. The molecule has 1 N–H and O–H groups in total. The van der Waals surface area contributed by atoms with Crippen molar-refractivity contribution in [2.75, 3.05) is 29.9 Å². The lowest BCUT2D eigenvalue weighted by molar-refractivity contribution is -0.115. The van der Waals surface area contributed by atoms with E-state index in [1.807, 2.05) is 24.8 Å². The third-order valence-corrected chi connectivity index (χ3v) is 4.07. The van der Waals surface area contributed by atoms with Crippen LogP contribution in [-0.2, 0) is 4.79 Å². The van der Waals surface area contributed by atoms with Gasteiger partial charge >= 0.3 is 6.03 Å². The number of amides is 3. The lowest BCUT2D eigenvalue weighted by Crippen LogP contribution is -2.49. The molecular formula is C15H20N4O2. The summed E-state index contributed by atoms with van der Waals surface area (Å²) >= 11 is 0. The molecule has 6 heteroatoms. The van der Waals surface area contributed by atoms with Gasteiger partial charge in [-0.05, 0) is 37.8 Å². The van der Waals surface area contributed by atoms with E-state index in [1.165, 1.54) is 4.90 Å². The monoisotopic (exact) mass is 288 g/mol. The summed E-state index contributed by atoms with van der Waals surface area (Å²) in [4.78, 5) is 32.4. The van der Waals surface area contributed by atoms with Crippen LogP contribution in [0.4, 0.5) is 16.3 Å². The van der Waals surface area contributed by atoms with Crippen LogP contribution in [0.15, 0.2) is 6.07 Å². The van der Waals surface area contributed by atoms with Crippen molar-refractivity contribution in [3.8, 4) is 0 Å². The zero-order valence-corrected chi connectivity index (χ0v) is 12.6. The van der Waals surface area contributed by atoms with Gasteiger partial charge < -0.3 is 10.2 Å². The molecule has 3 amide bonds. The summed E-state index contributed by atoms with van der Waals surface area (Å²) in [6, 6.07) is 1.79. The minimum Gasteiger partial charge on any atom is -0.324 e. The van der Waals surface area contributed by atoms with Crippen molar-refractivity contribution in [1.82, 2.24) is 9.88 Å². The molecule has 0 aliphatic carbocycles. The molecular weight excluding hydrogens is 268 g/mol. The number of urea groups is 1. The van der Waals surface area contributed by atoms with Gasteiger partial charge in [-0.15, -0.1) is 0 Å². The van der Waals surface area contributed by atoms with Gasteiger partial charge in [0.25, 0.3) is 0 Å². The van der Waals surface area contributed by atoms with Crippen molar-refractivity contribution >= 4 is 23.4 Å². The molecule has 0 aromatic carbocycles. The number of carbonyl (C=O) groups excluding carboxylic acids is 2. The van der Waals surface area contributed by atoms with Crippen molar-refractivity contribution in [2.24, 2.45) is 5.92 Å². The van der Waals surface area contributed by atoms with Crippen molar-refractivity contribution < 1.29 is 9.59 Å². The molecule has 1 unspecified atom stereocenters. The molecule has 1 atom stereocenters. The Morgan fingerprint density at radius 2 is 2.19 bits per heavy atom. The van der Waals surface area contributed by atoms with Crippen molar-refractivity contribution in [3.63, 3.8) is 0 Å². The third-order valence-electron chi connectivity index (χ3n) is 4.07. The Morgan fingerprint density at radius 1 is 1.43 bits per heavy atom. The number of hydrogen-bond acceptors (Lipinski definition) is 3. The van der Waals surface area contributed by atoms with Gasteiger partial charge in [0, 0.05) is 18.8 Å². The highest BCUT2D eigenvalue weighted by Gasteiger charge is 2.34. The lowest BCUT2D eigenvalue weighted by atomic mass is 10.1. The number of hydrogen-bond donors (Lipinski definition) is 1. The molecule has 0 spiro atoms. The maximum atomic E-state index is 12.7. The van der Waals surface area contributed by atoms with Gasteiger partial charge in [0.1, 0.15) is 6.54 Å². The van der Waals surface area contributed by atoms with Gasteiger partial charge in [-0.25, -0.2) is 9.78 Å². The number of rotatable bonds is 0. The highest BCUT2D eigenvalue weighted by atomic mass is 16.2. The average molecular weight is 288 g/mol. The van der Waals surface area contributed by atoms with Gasteiger partial charge in [0.05, 0.1) is 5.69 Å². The fourth-order valence-electron chi connectivity index (χ4n) is 3.00. The molecule has 1 aromatic heterocycles. The van der Waals surface area contributed by atoms with Crippen LogP contribution >= 0.6 is 0 Å². The highest BCUT2D eigenvalue weighted by Crippen LogP contribution is 2.32. The quantitative estimate of drug-likeness (QED) is 0.793. The van der Waals surface area contributed by atoms with Crippen LogP contribution in [0.25, 0.3) is 0 Å². The predicted molar refractivity (Wildman–Crippen MR) is 80.4 cm³/mol. The molecule has 2 aliphatic heterocycles. The molecule has 0 saturated carbocycles. The number of likely N-dealkylation sites (tertiary alicyclic amines) is 1. The summed E-state index contributed by atoms with van der Waals surface area (Å²) in [6.07, 6.45) is 1.01. The van der Waals surface area contributed by atoms with Gasteiger partial charge in [0.15, 0.2) is 5.82 Å². The van der Waals surface area contributed by atoms with Gasteiger partial charge in [-0.3, -0.25) is 9.69 Å². The van der Waals surface area contributed by atoms with Crippen LogP contribution in [0, 0.1) is 19.8 Å². The number of fused-ring (bicyclic) bond motifs is 1. The number of pyridine rings is 1. The standard InChI is InChI=1S/C15H20N4O2/c1-9-4-5-18(7-9)15(21)19-8-12(20)17-13-10(2)6-11(3)16-14(13)19/h6,9H,4-5,7-8H2,1-3H3,(H,17,20). The molecule has 1 aromatic rings. The van der Waals surface area contributed by atoms with E-state index in [1.54, 1.807) is 0 Å². The summed E-state index contributed by atoms with van der Waals surface area (Å²) in [6.45, 7) is 7.47. The van der Waals surface area contributed by atoms with E-state index in [9.17, 15) is 9.59 Å². The van der Waals surface area contributed by atoms with E-state index in [0.29, 0.717) is 17.4 Å². The molecule has 112 valence electrons. The first-order valence-corrected chi connectivity index (χ1v) is 7.30. The first-order valence-electron chi connectivity index (χ1n) is 7.30. The molecule has 3 rings (SSSR count). The number of nitrogens with zero attached hydrogens (tertiary/aromatic N) is 3. The van der Waals surface area contributed by atoms with Crippen molar-refractivity contribution in [1.29, 1.82) is 0 Å². The van der Waals surface area contributed by atoms with Crippen LogP contribution < -0.4 is 10.2 Å². The smallest absolute Gasteiger partial charge is 0.324 e. The average Bonchev–Trinajstić information content (AvgIpc) is 2.85. The maximum Gasteiger partial charge on any atom is 0.326 e. The van der Waals surface area contributed by atoms with Crippen LogP contribution in [0.5, 0.6) is 0 Å². The number of aromatic nitrogens is 1. The Balaban J connectivity index is 1.97. The Bertz CT molecular complexity index is 614. The minimum absolute atomic E-state index is 0.0343. The largest absolute Gasteiger partial charge is 0.326 e. The summed E-state index contributed by atoms with van der Waals surface area (Å²) in [5.41, 5.74) is 2.42. The summed E-state index contributed by atoms with van der Waals surface area (Å²) < 4.78 is 0. The number of carbonyl (C=O) groups is 2. The Morgan fingerprint density at radius 3 is 2.86 bits per heavy atom. The van der Waals surface area contributed by atoms with Gasteiger partial charge in [-0.1, -0.05) is 6.92 Å².